The molecule has 2 aliphatic heterocycles. The first-order valence-corrected chi connectivity index (χ1v) is 14.2. The van der Waals surface area contributed by atoms with Gasteiger partial charge in [-0.3, -0.25) is 14.4 Å². The maximum absolute atomic E-state index is 13.9. The van der Waals surface area contributed by atoms with Crippen molar-refractivity contribution in [3.05, 3.63) is 88.8 Å². The number of hydrogen-bond donors (Lipinski definition) is 1. The van der Waals surface area contributed by atoms with Crippen LogP contribution in [0.5, 0.6) is 0 Å². The molecule has 2 aromatic carbocycles. The molecule has 1 fully saturated rings. The Balaban J connectivity index is 1.48. The van der Waals surface area contributed by atoms with Crippen LogP contribution in [-0.2, 0) is 30.9 Å². The van der Waals surface area contributed by atoms with Gasteiger partial charge in [0.15, 0.2) is 6.04 Å². The fourth-order valence-electron chi connectivity index (χ4n) is 4.72. The lowest BCUT2D eigenvalue weighted by Gasteiger charge is -2.31. The van der Waals surface area contributed by atoms with Gasteiger partial charge in [0.05, 0.1) is 17.9 Å². The van der Waals surface area contributed by atoms with Crippen LogP contribution in [0.3, 0.4) is 0 Å². The van der Waals surface area contributed by atoms with Crippen LogP contribution in [0.15, 0.2) is 76.2 Å². The zero-order valence-electron chi connectivity index (χ0n) is 20.8. The summed E-state index contributed by atoms with van der Waals surface area (Å²) in [5.41, 5.74) is 0.509. The number of nitrogens with one attached hydrogen (secondary N) is 1. The third kappa shape index (κ3) is 5.42. The standard InChI is InChI=1S/C27H26ClN3O7S/c28-21-10-3-1-7-18(21)16-30(24(32)17-31-27(34)20-9-2-4-12-23(20)39(31,35)36)25(22-11-6-14-38-22)26(33)29-15-19-8-5-13-37-19/h1-4,6-7,9-12,14,19,25H,5,8,13,15-17H2,(H,29,33)/t19-,25-/m1/s1. The summed E-state index contributed by atoms with van der Waals surface area (Å²) in [4.78, 5) is 41.5. The fourth-order valence-corrected chi connectivity index (χ4v) is 6.44. The van der Waals surface area contributed by atoms with E-state index in [2.05, 4.69) is 5.32 Å². The lowest BCUT2D eigenvalue weighted by molar-refractivity contribution is -0.142. The quantitative estimate of drug-likeness (QED) is 0.418. The number of carbonyl (C=O) groups excluding carboxylic acids is 3. The molecule has 5 rings (SSSR count). The molecule has 0 unspecified atom stereocenters. The van der Waals surface area contributed by atoms with Crippen LogP contribution in [0.4, 0.5) is 0 Å². The molecule has 0 radical (unpaired) electrons. The Labute approximate surface area is 230 Å². The summed E-state index contributed by atoms with van der Waals surface area (Å²) in [6.45, 7) is -0.110. The second-order valence-corrected chi connectivity index (χ2v) is 11.5. The van der Waals surface area contributed by atoms with Crippen molar-refractivity contribution in [2.75, 3.05) is 19.7 Å². The van der Waals surface area contributed by atoms with Crippen molar-refractivity contribution in [1.29, 1.82) is 0 Å². The molecule has 0 saturated carbocycles. The van der Waals surface area contributed by atoms with E-state index in [1.807, 2.05) is 0 Å². The minimum atomic E-state index is -4.26. The Morgan fingerprint density at radius 2 is 1.87 bits per heavy atom. The lowest BCUT2D eigenvalue weighted by atomic mass is 10.1. The Hall–Kier alpha value is -3.67. The molecule has 2 atom stereocenters. The number of amides is 3. The average Bonchev–Trinajstić information content (AvgIpc) is 3.68. The zero-order chi connectivity index (χ0) is 27.6. The Morgan fingerprint density at radius 1 is 1.10 bits per heavy atom. The van der Waals surface area contributed by atoms with E-state index in [9.17, 15) is 22.8 Å². The number of ether oxygens (including phenoxy) is 1. The topological polar surface area (TPSA) is 126 Å². The zero-order valence-corrected chi connectivity index (χ0v) is 22.4. The number of benzene rings is 2. The first-order chi connectivity index (χ1) is 18.8. The largest absolute Gasteiger partial charge is 0.467 e. The van der Waals surface area contributed by atoms with Gasteiger partial charge in [-0.25, -0.2) is 12.7 Å². The number of halogens is 1. The van der Waals surface area contributed by atoms with E-state index in [1.165, 1.54) is 29.4 Å². The van der Waals surface area contributed by atoms with E-state index in [0.29, 0.717) is 21.5 Å². The molecule has 1 aromatic heterocycles. The molecule has 1 N–H and O–H groups in total. The van der Waals surface area contributed by atoms with Crippen molar-refractivity contribution in [2.45, 2.75) is 36.4 Å². The second-order valence-electron chi connectivity index (χ2n) is 9.22. The number of sulfonamides is 1. The predicted octanol–water partition coefficient (Wildman–Crippen LogP) is 3.14. The number of rotatable bonds is 9. The summed E-state index contributed by atoms with van der Waals surface area (Å²) in [6, 6.07) is 14.4. The van der Waals surface area contributed by atoms with E-state index in [4.69, 9.17) is 20.8 Å². The Bertz CT molecular complexity index is 1490. The van der Waals surface area contributed by atoms with Crippen LogP contribution in [0.2, 0.25) is 5.02 Å². The van der Waals surface area contributed by atoms with E-state index < -0.39 is 40.3 Å². The molecule has 3 aromatic rings. The molecule has 0 spiro atoms. The minimum absolute atomic E-state index is 0.0140. The maximum atomic E-state index is 13.9. The van der Waals surface area contributed by atoms with Crippen molar-refractivity contribution < 1.29 is 32.0 Å². The average molecular weight is 572 g/mol. The van der Waals surface area contributed by atoms with Crippen molar-refractivity contribution in [1.82, 2.24) is 14.5 Å². The number of hydrogen-bond acceptors (Lipinski definition) is 7. The highest BCUT2D eigenvalue weighted by molar-refractivity contribution is 7.90. The van der Waals surface area contributed by atoms with Gasteiger partial charge in [-0.2, -0.15) is 0 Å². The molecule has 2 aliphatic rings. The van der Waals surface area contributed by atoms with Gasteiger partial charge in [-0.05, 0) is 48.7 Å². The van der Waals surface area contributed by atoms with Gasteiger partial charge in [-0.1, -0.05) is 41.9 Å². The van der Waals surface area contributed by atoms with Crippen LogP contribution in [0.1, 0.15) is 40.6 Å². The number of carbonyl (C=O) groups is 3. The molecule has 0 aliphatic carbocycles. The monoisotopic (exact) mass is 571 g/mol. The molecule has 1 saturated heterocycles. The maximum Gasteiger partial charge on any atom is 0.269 e. The molecule has 3 amide bonds. The normalized spacial score (nSPS) is 18.5. The van der Waals surface area contributed by atoms with E-state index in [1.54, 1.807) is 42.5 Å². The van der Waals surface area contributed by atoms with E-state index >= 15 is 0 Å². The summed E-state index contributed by atoms with van der Waals surface area (Å²) in [5, 5.41) is 3.18. The summed E-state index contributed by atoms with van der Waals surface area (Å²) in [7, 11) is -4.26. The van der Waals surface area contributed by atoms with Gasteiger partial charge < -0.3 is 19.4 Å². The lowest BCUT2D eigenvalue weighted by Crippen LogP contribution is -2.48. The third-order valence-corrected chi connectivity index (χ3v) is 8.87. The summed E-state index contributed by atoms with van der Waals surface area (Å²) >= 11 is 6.39. The molecule has 0 bridgehead atoms. The van der Waals surface area contributed by atoms with Crippen molar-refractivity contribution in [2.24, 2.45) is 0 Å². The summed E-state index contributed by atoms with van der Waals surface area (Å²) < 4.78 is 38.0. The van der Waals surface area contributed by atoms with Crippen LogP contribution in [0.25, 0.3) is 0 Å². The molecule has 39 heavy (non-hydrogen) atoms. The van der Waals surface area contributed by atoms with Gasteiger partial charge in [0, 0.05) is 24.7 Å². The molecular formula is C27H26ClN3O7S. The molecule has 10 nitrogen and oxygen atoms in total. The third-order valence-electron chi connectivity index (χ3n) is 6.71. The highest BCUT2D eigenvalue weighted by Gasteiger charge is 2.44. The SMILES string of the molecule is O=C(NC[C@H]1CCCO1)[C@@H](c1ccco1)N(Cc1ccccc1Cl)C(=O)CN1C(=O)c2ccccc2S1(=O)=O. The summed E-state index contributed by atoms with van der Waals surface area (Å²) in [6.07, 6.45) is 2.91. The molecular weight excluding hydrogens is 546 g/mol. The smallest absolute Gasteiger partial charge is 0.269 e. The Kier molecular flexibility index (Phi) is 7.74. The fraction of sp³-hybridized carbons (Fsp3) is 0.296. The Morgan fingerprint density at radius 3 is 2.56 bits per heavy atom. The van der Waals surface area contributed by atoms with Gasteiger partial charge >= 0.3 is 0 Å². The van der Waals surface area contributed by atoms with Gasteiger partial charge in [0.1, 0.15) is 17.2 Å². The highest BCUT2D eigenvalue weighted by Crippen LogP contribution is 2.32. The van der Waals surface area contributed by atoms with Crippen LogP contribution in [-0.4, -0.2) is 61.1 Å². The molecule has 3 heterocycles. The molecule has 204 valence electrons. The number of furan rings is 1. The minimum Gasteiger partial charge on any atom is -0.467 e. The predicted molar refractivity (Wildman–Crippen MR) is 140 cm³/mol. The number of fused-ring (bicyclic) bond motifs is 1. The molecule has 12 heteroatoms. The highest BCUT2D eigenvalue weighted by atomic mass is 35.5. The van der Waals surface area contributed by atoms with E-state index in [-0.39, 0.29) is 35.4 Å². The van der Waals surface area contributed by atoms with Crippen molar-refractivity contribution in [3.63, 3.8) is 0 Å². The first kappa shape index (κ1) is 26.9. The van der Waals surface area contributed by atoms with Crippen LogP contribution in [0, 0.1) is 0 Å². The van der Waals surface area contributed by atoms with E-state index in [0.717, 1.165) is 12.8 Å². The first-order valence-electron chi connectivity index (χ1n) is 12.4. The van der Waals surface area contributed by atoms with Crippen molar-refractivity contribution >= 4 is 39.3 Å². The van der Waals surface area contributed by atoms with Crippen molar-refractivity contribution in [3.8, 4) is 0 Å². The van der Waals surface area contributed by atoms with Gasteiger partial charge in [-0.15, -0.1) is 0 Å². The van der Waals surface area contributed by atoms with Gasteiger partial charge in [0.25, 0.3) is 21.8 Å². The van der Waals surface area contributed by atoms with Gasteiger partial charge in [0.2, 0.25) is 5.91 Å². The van der Waals surface area contributed by atoms with Crippen LogP contribution >= 0.6 is 11.6 Å². The summed E-state index contributed by atoms with van der Waals surface area (Å²) in [5.74, 6) is -1.97. The second kappa shape index (κ2) is 11.2. The van der Waals surface area contributed by atoms with Crippen LogP contribution < -0.4 is 5.32 Å². The number of nitrogens with zero attached hydrogens (tertiary/aromatic N) is 2.